The van der Waals surface area contributed by atoms with Crippen LogP contribution in [0.3, 0.4) is 0 Å². The van der Waals surface area contributed by atoms with E-state index in [4.69, 9.17) is 9.47 Å². The summed E-state index contributed by atoms with van der Waals surface area (Å²) in [7, 11) is 1.62. The molecule has 1 aliphatic heterocycles. The van der Waals surface area contributed by atoms with Crippen LogP contribution in [-0.4, -0.2) is 24.0 Å². The lowest BCUT2D eigenvalue weighted by atomic mass is 9.74. The molecular weight excluding hydrogens is 350 g/mol. The second-order valence-electron chi connectivity index (χ2n) is 9.07. The fraction of sp³-hybridized carbons (Fsp3) is 0.458. The molecule has 1 N–H and O–H groups in total. The van der Waals surface area contributed by atoms with Gasteiger partial charge in [0.25, 0.3) is 0 Å². The third-order valence-electron chi connectivity index (χ3n) is 5.22. The van der Waals surface area contributed by atoms with Gasteiger partial charge in [0.2, 0.25) is 0 Å². The number of nitrogens with one attached hydrogen (secondary N) is 1. The highest BCUT2D eigenvalue weighted by molar-refractivity contribution is 5.96. The van der Waals surface area contributed by atoms with Crippen molar-refractivity contribution < 1.29 is 14.3 Å². The predicted octanol–water partition coefficient (Wildman–Crippen LogP) is 5.62. The summed E-state index contributed by atoms with van der Waals surface area (Å²) in [4.78, 5) is 12.8. The molecule has 0 amide bonds. The topological polar surface area (TPSA) is 47.6 Å². The van der Waals surface area contributed by atoms with Crippen molar-refractivity contribution in [3.05, 3.63) is 54.1 Å². The lowest BCUT2D eigenvalue weighted by Crippen LogP contribution is -2.57. The molecule has 1 aliphatic rings. The van der Waals surface area contributed by atoms with Crippen molar-refractivity contribution >= 4 is 5.78 Å². The summed E-state index contributed by atoms with van der Waals surface area (Å²) in [6, 6.07) is 14.9. The highest BCUT2D eigenvalue weighted by Crippen LogP contribution is 2.35. The summed E-state index contributed by atoms with van der Waals surface area (Å²) in [6.45, 7) is 8.87. The third-order valence-corrected chi connectivity index (χ3v) is 5.22. The number of benzene rings is 2. The van der Waals surface area contributed by atoms with Gasteiger partial charge in [-0.3, -0.25) is 4.79 Å². The lowest BCUT2D eigenvalue weighted by molar-refractivity contribution is 0.0864. The Morgan fingerprint density at radius 3 is 2.11 bits per heavy atom. The van der Waals surface area contributed by atoms with E-state index in [1.807, 2.05) is 48.5 Å². The Balaban J connectivity index is 1.65. The van der Waals surface area contributed by atoms with Gasteiger partial charge in [-0.05, 0) is 82.9 Å². The molecule has 2 aromatic rings. The first kappa shape index (κ1) is 20.4. The lowest BCUT2D eigenvalue weighted by Gasteiger charge is -2.46. The van der Waals surface area contributed by atoms with Crippen LogP contribution in [0.5, 0.6) is 17.2 Å². The van der Waals surface area contributed by atoms with E-state index in [1.165, 1.54) is 0 Å². The second-order valence-corrected chi connectivity index (χ2v) is 9.07. The van der Waals surface area contributed by atoms with Crippen LogP contribution >= 0.6 is 0 Å². The Bertz CT molecular complexity index is 808. The Labute approximate surface area is 168 Å². The van der Waals surface area contributed by atoms with Crippen molar-refractivity contribution in [1.82, 2.24) is 5.32 Å². The van der Waals surface area contributed by atoms with Crippen molar-refractivity contribution in [1.29, 1.82) is 0 Å². The van der Waals surface area contributed by atoms with Gasteiger partial charge >= 0.3 is 0 Å². The molecule has 1 saturated heterocycles. The van der Waals surface area contributed by atoms with Crippen LogP contribution in [0.2, 0.25) is 0 Å². The molecule has 1 fully saturated rings. The molecule has 0 radical (unpaired) electrons. The first-order valence-corrected chi connectivity index (χ1v) is 9.91. The number of carbonyl (C=O) groups excluding carboxylic acids is 1. The van der Waals surface area contributed by atoms with Crippen LogP contribution < -0.4 is 14.8 Å². The van der Waals surface area contributed by atoms with Crippen LogP contribution in [0.1, 0.15) is 57.3 Å². The largest absolute Gasteiger partial charge is 0.493 e. The number of hydrogen-bond acceptors (Lipinski definition) is 4. The van der Waals surface area contributed by atoms with Crippen molar-refractivity contribution in [2.45, 2.75) is 58.0 Å². The van der Waals surface area contributed by atoms with E-state index < -0.39 is 0 Å². The van der Waals surface area contributed by atoms with E-state index >= 15 is 0 Å². The van der Waals surface area contributed by atoms with E-state index in [-0.39, 0.29) is 16.9 Å². The standard InChI is InChI=1S/C24H31NO3/c1-23(2)15-17(16-24(3,4)25-23)14-20(26)18-10-12-19(13-11-18)28-22-9-7-6-8-21(22)27-5/h6-13,17,25H,14-16H2,1-5H3. The highest BCUT2D eigenvalue weighted by Gasteiger charge is 2.38. The van der Waals surface area contributed by atoms with Gasteiger partial charge < -0.3 is 14.8 Å². The zero-order valence-electron chi connectivity index (χ0n) is 17.5. The molecule has 0 atom stereocenters. The van der Waals surface area contributed by atoms with Crippen molar-refractivity contribution in [3.63, 3.8) is 0 Å². The van der Waals surface area contributed by atoms with E-state index in [0.29, 0.717) is 29.6 Å². The maximum atomic E-state index is 12.8. The molecule has 4 nitrogen and oxygen atoms in total. The van der Waals surface area contributed by atoms with Gasteiger partial charge in [0.1, 0.15) is 5.75 Å². The van der Waals surface area contributed by atoms with Gasteiger partial charge in [0.05, 0.1) is 7.11 Å². The molecule has 2 aromatic carbocycles. The van der Waals surface area contributed by atoms with Crippen LogP contribution in [0.15, 0.2) is 48.5 Å². The first-order chi connectivity index (χ1) is 13.2. The number of carbonyl (C=O) groups is 1. The van der Waals surface area contributed by atoms with E-state index in [0.717, 1.165) is 18.4 Å². The van der Waals surface area contributed by atoms with Crippen LogP contribution in [0, 0.1) is 5.92 Å². The van der Waals surface area contributed by atoms with Crippen LogP contribution in [0.4, 0.5) is 0 Å². The van der Waals surface area contributed by atoms with Crippen molar-refractivity contribution in [2.24, 2.45) is 5.92 Å². The van der Waals surface area contributed by atoms with E-state index in [2.05, 4.69) is 33.0 Å². The third kappa shape index (κ3) is 5.14. The number of methoxy groups -OCH3 is 1. The fourth-order valence-electron chi connectivity index (χ4n) is 4.60. The molecule has 0 spiro atoms. The molecule has 1 heterocycles. The summed E-state index contributed by atoms with van der Waals surface area (Å²) in [5, 5.41) is 3.68. The van der Waals surface area contributed by atoms with Gasteiger partial charge in [-0.2, -0.15) is 0 Å². The monoisotopic (exact) mass is 381 g/mol. The summed E-state index contributed by atoms with van der Waals surface area (Å²) < 4.78 is 11.2. The number of piperidine rings is 1. The van der Waals surface area contributed by atoms with Gasteiger partial charge in [-0.25, -0.2) is 0 Å². The Morgan fingerprint density at radius 2 is 1.54 bits per heavy atom. The second kappa shape index (κ2) is 7.96. The number of para-hydroxylation sites is 2. The van der Waals surface area contributed by atoms with Gasteiger partial charge in [0, 0.05) is 23.1 Å². The predicted molar refractivity (Wildman–Crippen MR) is 112 cm³/mol. The Hall–Kier alpha value is -2.33. The van der Waals surface area contributed by atoms with E-state index in [1.54, 1.807) is 7.11 Å². The minimum absolute atomic E-state index is 0.0547. The summed E-state index contributed by atoms with van der Waals surface area (Å²) in [6.07, 6.45) is 2.61. The molecule has 150 valence electrons. The molecule has 0 unspecified atom stereocenters. The highest BCUT2D eigenvalue weighted by atomic mass is 16.5. The maximum absolute atomic E-state index is 12.8. The first-order valence-electron chi connectivity index (χ1n) is 9.91. The fourth-order valence-corrected chi connectivity index (χ4v) is 4.60. The molecule has 0 aromatic heterocycles. The normalized spacial score (nSPS) is 18.5. The van der Waals surface area contributed by atoms with Crippen LogP contribution in [-0.2, 0) is 0 Å². The summed E-state index contributed by atoms with van der Waals surface area (Å²) in [5.41, 5.74) is 0.847. The molecule has 28 heavy (non-hydrogen) atoms. The number of hydrogen-bond donors (Lipinski definition) is 1. The Kier molecular flexibility index (Phi) is 5.80. The maximum Gasteiger partial charge on any atom is 0.169 e. The average molecular weight is 382 g/mol. The van der Waals surface area contributed by atoms with E-state index in [9.17, 15) is 4.79 Å². The smallest absolute Gasteiger partial charge is 0.169 e. The SMILES string of the molecule is COc1ccccc1Oc1ccc(C(=O)CC2CC(C)(C)NC(C)(C)C2)cc1. The van der Waals surface area contributed by atoms with Gasteiger partial charge in [0.15, 0.2) is 17.3 Å². The zero-order valence-corrected chi connectivity index (χ0v) is 17.5. The molecule has 0 saturated carbocycles. The molecular formula is C24H31NO3. The average Bonchev–Trinajstić information content (AvgIpc) is 2.60. The molecule has 3 rings (SSSR count). The zero-order chi connectivity index (χ0) is 20.4. The number of rotatable bonds is 6. The van der Waals surface area contributed by atoms with Crippen molar-refractivity contribution in [2.75, 3.05) is 7.11 Å². The molecule has 4 heteroatoms. The minimum Gasteiger partial charge on any atom is -0.493 e. The molecule has 0 aliphatic carbocycles. The number of Topliss-reactive ketones (excluding diaryl/α,β-unsaturated/α-hetero) is 1. The van der Waals surface area contributed by atoms with Gasteiger partial charge in [-0.1, -0.05) is 12.1 Å². The quantitative estimate of drug-likeness (QED) is 0.660. The number of ketones is 1. The van der Waals surface area contributed by atoms with Crippen LogP contribution in [0.25, 0.3) is 0 Å². The summed E-state index contributed by atoms with van der Waals surface area (Å²) in [5.74, 6) is 2.61. The Morgan fingerprint density at radius 1 is 0.964 bits per heavy atom. The minimum atomic E-state index is 0.0547. The molecule has 0 bridgehead atoms. The van der Waals surface area contributed by atoms with Gasteiger partial charge in [-0.15, -0.1) is 0 Å². The number of ether oxygens (including phenoxy) is 2. The van der Waals surface area contributed by atoms with Crippen molar-refractivity contribution in [3.8, 4) is 17.2 Å². The summed E-state index contributed by atoms with van der Waals surface area (Å²) >= 11 is 0.